The minimum Gasteiger partial charge on any atom is -0.392 e. The summed E-state index contributed by atoms with van der Waals surface area (Å²) < 4.78 is 27.7. The lowest BCUT2D eigenvalue weighted by Crippen LogP contribution is -2.15. The fourth-order valence-electron chi connectivity index (χ4n) is 2.11. The van der Waals surface area contributed by atoms with Crippen LogP contribution in [-0.4, -0.2) is 13.5 Å². The van der Waals surface area contributed by atoms with Crippen LogP contribution in [0, 0.1) is 20.8 Å². The lowest BCUT2D eigenvalue weighted by Gasteiger charge is -2.16. The van der Waals surface area contributed by atoms with Gasteiger partial charge in [0.25, 0.3) is 10.0 Å². The summed E-state index contributed by atoms with van der Waals surface area (Å²) in [6.45, 7) is 5.20. The molecule has 0 atom stereocenters. The highest BCUT2D eigenvalue weighted by molar-refractivity contribution is 7.92. The molecule has 2 aromatic carbocycles. The Bertz CT molecular complexity index is 816. The molecule has 0 aliphatic heterocycles. The zero-order chi connectivity index (χ0) is 16.5. The first-order chi connectivity index (χ1) is 10.3. The Morgan fingerprint density at radius 1 is 1.05 bits per heavy atom. The summed E-state index contributed by atoms with van der Waals surface area (Å²) in [6.07, 6.45) is 0. The lowest BCUT2D eigenvalue weighted by molar-refractivity contribution is 0.282. The fraction of sp³-hybridized carbons (Fsp3) is 0.250. The Hall–Kier alpha value is -1.56. The van der Waals surface area contributed by atoms with Crippen molar-refractivity contribution in [2.45, 2.75) is 32.3 Å². The van der Waals surface area contributed by atoms with E-state index >= 15 is 0 Å². The second-order valence-corrected chi connectivity index (χ2v) is 7.32. The third-order valence-corrected chi connectivity index (χ3v) is 5.35. The number of sulfonamides is 1. The van der Waals surface area contributed by atoms with Gasteiger partial charge in [-0.15, -0.1) is 0 Å². The van der Waals surface area contributed by atoms with E-state index in [-0.39, 0.29) is 11.5 Å². The number of hydrogen-bond donors (Lipinski definition) is 2. The van der Waals surface area contributed by atoms with Gasteiger partial charge < -0.3 is 5.11 Å². The molecule has 2 aromatic rings. The van der Waals surface area contributed by atoms with Gasteiger partial charge in [-0.25, -0.2) is 8.42 Å². The van der Waals surface area contributed by atoms with E-state index in [0.717, 1.165) is 11.1 Å². The number of benzene rings is 2. The molecule has 0 unspecified atom stereocenters. The van der Waals surface area contributed by atoms with Crippen molar-refractivity contribution >= 4 is 27.3 Å². The van der Waals surface area contributed by atoms with Crippen LogP contribution in [0.15, 0.2) is 35.2 Å². The summed E-state index contributed by atoms with van der Waals surface area (Å²) >= 11 is 6.03. The third-order valence-electron chi connectivity index (χ3n) is 3.65. The number of rotatable bonds is 4. The summed E-state index contributed by atoms with van der Waals surface area (Å²) in [5, 5.41) is 9.78. The minimum absolute atomic E-state index is 0.180. The summed E-state index contributed by atoms with van der Waals surface area (Å²) in [4.78, 5) is 0.180. The van der Waals surface area contributed by atoms with Gasteiger partial charge in [0, 0.05) is 10.6 Å². The molecule has 22 heavy (non-hydrogen) atoms. The van der Waals surface area contributed by atoms with Crippen LogP contribution in [0.2, 0.25) is 5.02 Å². The van der Waals surface area contributed by atoms with Crippen LogP contribution in [-0.2, 0) is 16.6 Å². The van der Waals surface area contributed by atoms with Gasteiger partial charge in [0.1, 0.15) is 0 Å². The van der Waals surface area contributed by atoms with E-state index in [0.29, 0.717) is 21.8 Å². The van der Waals surface area contributed by atoms with Crippen LogP contribution in [0.4, 0.5) is 5.69 Å². The second-order valence-electron chi connectivity index (χ2n) is 5.23. The number of aliphatic hydroxyl groups excluding tert-OH is 1. The van der Waals surface area contributed by atoms with Crippen molar-refractivity contribution in [3.8, 4) is 0 Å². The molecule has 0 heterocycles. The SMILES string of the molecule is Cc1ccc(S(=O)(=O)Nc2c(C)ccc(Cl)c2CO)cc1C. The lowest BCUT2D eigenvalue weighted by atomic mass is 10.1. The van der Waals surface area contributed by atoms with Crippen molar-refractivity contribution < 1.29 is 13.5 Å². The quantitative estimate of drug-likeness (QED) is 0.895. The largest absolute Gasteiger partial charge is 0.392 e. The van der Waals surface area contributed by atoms with E-state index in [9.17, 15) is 13.5 Å². The summed E-state index contributed by atoms with van der Waals surface area (Å²) in [5.41, 5.74) is 3.31. The van der Waals surface area contributed by atoms with Crippen molar-refractivity contribution in [2.75, 3.05) is 4.72 Å². The van der Waals surface area contributed by atoms with Crippen LogP contribution >= 0.6 is 11.6 Å². The average Bonchev–Trinajstić information content (AvgIpc) is 2.46. The van der Waals surface area contributed by atoms with E-state index in [2.05, 4.69) is 4.72 Å². The molecule has 0 aliphatic rings. The molecular weight excluding hydrogens is 322 g/mol. The van der Waals surface area contributed by atoms with E-state index in [1.807, 2.05) is 13.8 Å². The highest BCUT2D eigenvalue weighted by Crippen LogP contribution is 2.30. The van der Waals surface area contributed by atoms with Gasteiger partial charge in [-0.2, -0.15) is 0 Å². The number of halogens is 1. The van der Waals surface area contributed by atoms with Gasteiger partial charge in [-0.3, -0.25) is 4.72 Å². The smallest absolute Gasteiger partial charge is 0.261 e. The van der Waals surface area contributed by atoms with Crippen molar-refractivity contribution in [3.05, 3.63) is 57.6 Å². The Balaban J connectivity index is 2.49. The topological polar surface area (TPSA) is 66.4 Å². The van der Waals surface area contributed by atoms with Gasteiger partial charge in [0.15, 0.2) is 0 Å². The van der Waals surface area contributed by atoms with E-state index in [1.165, 1.54) is 0 Å². The molecule has 0 radical (unpaired) electrons. The number of nitrogens with one attached hydrogen (secondary N) is 1. The van der Waals surface area contributed by atoms with E-state index < -0.39 is 10.0 Å². The Labute approximate surface area is 135 Å². The normalized spacial score (nSPS) is 11.5. The number of hydrogen-bond acceptors (Lipinski definition) is 3. The predicted octanol–water partition coefficient (Wildman–Crippen LogP) is 3.56. The first kappa shape index (κ1) is 16.8. The number of aryl methyl sites for hydroxylation is 3. The molecule has 0 aromatic heterocycles. The maximum atomic E-state index is 12.6. The zero-order valence-corrected chi connectivity index (χ0v) is 14.2. The fourth-order valence-corrected chi connectivity index (χ4v) is 3.58. The van der Waals surface area contributed by atoms with Crippen LogP contribution < -0.4 is 4.72 Å². The molecule has 0 saturated carbocycles. The third kappa shape index (κ3) is 3.27. The van der Waals surface area contributed by atoms with Crippen LogP contribution in [0.3, 0.4) is 0 Å². The highest BCUT2D eigenvalue weighted by Gasteiger charge is 2.19. The van der Waals surface area contributed by atoms with Gasteiger partial charge in [-0.05, 0) is 55.7 Å². The summed E-state index contributed by atoms with van der Waals surface area (Å²) in [5.74, 6) is 0. The molecule has 0 spiro atoms. The monoisotopic (exact) mass is 339 g/mol. The van der Waals surface area contributed by atoms with Crippen LogP contribution in [0.25, 0.3) is 0 Å². The van der Waals surface area contributed by atoms with Gasteiger partial charge >= 0.3 is 0 Å². The standard InChI is InChI=1S/C16H18ClNO3S/c1-10-4-6-13(8-12(10)3)22(20,21)18-16-11(2)5-7-15(17)14(16)9-19/h4-8,18-19H,9H2,1-3H3. The number of anilines is 1. The number of aliphatic hydroxyl groups is 1. The van der Waals surface area contributed by atoms with Crippen LogP contribution in [0.5, 0.6) is 0 Å². The zero-order valence-electron chi connectivity index (χ0n) is 12.6. The Morgan fingerprint density at radius 3 is 2.27 bits per heavy atom. The summed E-state index contributed by atoms with van der Waals surface area (Å²) in [7, 11) is -3.74. The predicted molar refractivity (Wildman–Crippen MR) is 88.8 cm³/mol. The van der Waals surface area contributed by atoms with Crippen molar-refractivity contribution in [2.24, 2.45) is 0 Å². The average molecular weight is 340 g/mol. The van der Waals surface area contributed by atoms with Crippen molar-refractivity contribution in [3.63, 3.8) is 0 Å². The van der Waals surface area contributed by atoms with Crippen LogP contribution in [0.1, 0.15) is 22.3 Å². The molecule has 2 rings (SSSR count). The molecular formula is C16H18ClNO3S. The van der Waals surface area contributed by atoms with Crippen molar-refractivity contribution in [1.29, 1.82) is 0 Å². The molecule has 118 valence electrons. The molecule has 2 N–H and O–H groups in total. The first-order valence-corrected chi connectivity index (χ1v) is 8.61. The highest BCUT2D eigenvalue weighted by atomic mass is 35.5. The van der Waals surface area contributed by atoms with E-state index in [4.69, 9.17) is 11.6 Å². The Kier molecular flexibility index (Phi) is 4.80. The van der Waals surface area contributed by atoms with Gasteiger partial charge in [0.05, 0.1) is 17.2 Å². The molecule has 4 nitrogen and oxygen atoms in total. The maximum Gasteiger partial charge on any atom is 0.261 e. The maximum absolute atomic E-state index is 12.6. The molecule has 6 heteroatoms. The van der Waals surface area contributed by atoms with Gasteiger partial charge in [0.2, 0.25) is 0 Å². The minimum atomic E-state index is -3.74. The molecule has 0 amide bonds. The van der Waals surface area contributed by atoms with E-state index in [1.54, 1.807) is 37.3 Å². The van der Waals surface area contributed by atoms with Gasteiger partial charge in [-0.1, -0.05) is 23.7 Å². The van der Waals surface area contributed by atoms with Crippen molar-refractivity contribution in [1.82, 2.24) is 0 Å². The molecule has 0 aliphatic carbocycles. The summed E-state index contributed by atoms with van der Waals surface area (Å²) in [6, 6.07) is 8.29. The Morgan fingerprint density at radius 2 is 1.68 bits per heavy atom. The molecule has 0 bridgehead atoms. The molecule has 0 saturated heterocycles. The molecule has 0 fully saturated rings. The second kappa shape index (κ2) is 6.28. The first-order valence-electron chi connectivity index (χ1n) is 6.75.